The molecule has 5 heteroatoms. The zero-order valence-electron chi connectivity index (χ0n) is 9.89. The van der Waals surface area contributed by atoms with Crippen LogP contribution in [0, 0.1) is 0 Å². The van der Waals surface area contributed by atoms with Crippen molar-refractivity contribution in [2.45, 2.75) is 51.1 Å². The van der Waals surface area contributed by atoms with Crippen molar-refractivity contribution in [3.8, 4) is 0 Å². The number of rotatable bonds is 9. The normalized spacial score (nSPS) is 11.2. The third-order valence-corrected chi connectivity index (χ3v) is 2.27. The molecule has 0 aliphatic rings. The maximum atomic E-state index is 11.8. The topological polar surface area (TPSA) is 26.3 Å². The van der Waals surface area contributed by atoms with Gasteiger partial charge in [-0.05, 0) is 12.8 Å². The van der Waals surface area contributed by atoms with Crippen LogP contribution in [0.2, 0.25) is 0 Å². The van der Waals surface area contributed by atoms with Crippen molar-refractivity contribution >= 4 is 5.97 Å². The van der Waals surface area contributed by atoms with Crippen LogP contribution >= 0.6 is 0 Å². The molecule has 0 unspecified atom stereocenters. The Morgan fingerprint density at radius 3 is 2.12 bits per heavy atom. The first-order valence-corrected chi connectivity index (χ1v) is 5.81. The van der Waals surface area contributed by atoms with Gasteiger partial charge in [0.25, 0.3) is 0 Å². The molecule has 0 aromatic heterocycles. The van der Waals surface area contributed by atoms with Gasteiger partial charge in [-0.3, -0.25) is 0 Å². The van der Waals surface area contributed by atoms with Crippen LogP contribution in [0.15, 0.2) is 12.7 Å². The summed E-state index contributed by atoms with van der Waals surface area (Å²) in [6.45, 7) is 3.62. The molecule has 0 spiro atoms. The third-order valence-electron chi connectivity index (χ3n) is 2.27. The van der Waals surface area contributed by atoms with E-state index >= 15 is 0 Å². The van der Waals surface area contributed by atoms with Crippen molar-refractivity contribution in [3.63, 3.8) is 0 Å². The van der Waals surface area contributed by atoms with Gasteiger partial charge in [0.15, 0.2) is 0 Å². The fraction of sp³-hybridized carbons (Fsp3) is 0.750. The second-order valence-corrected chi connectivity index (χ2v) is 3.86. The molecule has 0 heterocycles. The zero-order chi connectivity index (χ0) is 13.1. The Hall–Kier alpha value is -1.00. The van der Waals surface area contributed by atoms with E-state index < -0.39 is 18.6 Å². The Morgan fingerprint density at radius 1 is 1.06 bits per heavy atom. The first kappa shape index (κ1) is 16.0. The summed E-state index contributed by atoms with van der Waals surface area (Å²) in [6.07, 6.45) is 0.491. The van der Waals surface area contributed by atoms with Gasteiger partial charge in [0.05, 0.1) is 6.61 Å². The van der Waals surface area contributed by atoms with Gasteiger partial charge in [0.1, 0.15) is 0 Å². The van der Waals surface area contributed by atoms with Crippen molar-refractivity contribution in [2.75, 3.05) is 6.61 Å². The minimum absolute atomic E-state index is 0.203. The lowest BCUT2D eigenvalue weighted by molar-refractivity contribution is -0.138. The van der Waals surface area contributed by atoms with Crippen molar-refractivity contribution in [1.82, 2.24) is 0 Å². The molecule has 0 amide bonds. The molecule has 17 heavy (non-hydrogen) atoms. The molecule has 0 radical (unpaired) electrons. The Kier molecular flexibility index (Phi) is 8.54. The number of hydrogen-bond donors (Lipinski definition) is 0. The van der Waals surface area contributed by atoms with Crippen molar-refractivity contribution < 1.29 is 22.7 Å². The maximum absolute atomic E-state index is 11.8. The number of carbonyl (C=O) groups excluding carboxylic acids is 1. The second kappa shape index (κ2) is 9.07. The highest BCUT2D eigenvalue weighted by molar-refractivity contribution is 5.81. The molecule has 0 aromatic rings. The Morgan fingerprint density at radius 2 is 1.59 bits per heavy atom. The van der Waals surface area contributed by atoms with Gasteiger partial charge in [0.2, 0.25) is 0 Å². The molecule has 0 saturated carbocycles. The molecule has 0 aromatic carbocycles. The van der Waals surface area contributed by atoms with Gasteiger partial charge in [-0.2, -0.15) is 13.2 Å². The standard InChI is InChI=1S/C12H19F3O2/c1-2-11(16)17-10-8-6-4-3-5-7-9-12(13,14)15/h2H,1,3-10H2. The average Bonchev–Trinajstić information content (AvgIpc) is 2.25. The van der Waals surface area contributed by atoms with E-state index in [0.29, 0.717) is 13.0 Å². The molecular weight excluding hydrogens is 233 g/mol. The number of alkyl halides is 3. The Balaban J connectivity index is 3.14. The van der Waals surface area contributed by atoms with Gasteiger partial charge in [-0.25, -0.2) is 4.79 Å². The predicted octanol–water partition coefficient (Wildman–Crippen LogP) is 4.01. The third kappa shape index (κ3) is 12.9. The molecule has 0 aliphatic carbocycles. The van der Waals surface area contributed by atoms with Gasteiger partial charge < -0.3 is 4.74 Å². The molecule has 0 rings (SSSR count). The molecule has 0 saturated heterocycles. The van der Waals surface area contributed by atoms with E-state index in [1.54, 1.807) is 0 Å². The molecular formula is C12H19F3O2. The maximum Gasteiger partial charge on any atom is 0.389 e. The van der Waals surface area contributed by atoms with Crippen LogP contribution < -0.4 is 0 Å². The summed E-state index contributed by atoms with van der Waals surface area (Å²) in [7, 11) is 0. The fourth-order valence-electron chi connectivity index (χ4n) is 1.37. The summed E-state index contributed by atoms with van der Waals surface area (Å²) in [5, 5.41) is 0. The second-order valence-electron chi connectivity index (χ2n) is 3.86. The minimum atomic E-state index is -4.03. The summed E-state index contributed by atoms with van der Waals surface area (Å²) in [5.41, 5.74) is 0. The number of halogens is 3. The Labute approximate surface area is 99.8 Å². The van der Waals surface area contributed by atoms with Crippen LogP contribution in [0.25, 0.3) is 0 Å². The number of carbonyl (C=O) groups is 1. The van der Waals surface area contributed by atoms with Crippen LogP contribution in [-0.4, -0.2) is 18.8 Å². The van der Waals surface area contributed by atoms with Crippen molar-refractivity contribution in [2.24, 2.45) is 0 Å². The van der Waals surface area contributed by atoms with Gasteiger partial charge in [-0.1, -0.05) is 32.3 Å². The van der Waals surface area contributed by atoms with Crippen LogP contribution in [0.3, 0.4) is 0 Å². The molecule has 0 aliphatic heterocycles. The van der Waals surface area contributed by atoms with Crippen LogP contribution in [0.5, 0.6) is 0 Å². The smallest absolute Gasteiger partial charge is 0.389 e. The van der Waals surface area contributed by atoms with E-state index in [1.165, 1.54) is 0 Å². The highest BCUT2D eigenvalue weighted by atomic mass is 19.4. The number of hydrogen-bond acceptors (Lipinski definition) is 2. The lowest BCUT2D eigenvalue weighted by Crippen LogP contribution is -2.06. The highest BCUT2D eigenvalue weighted by Gasteiger charge is 2.25. The number of esters is 1. The molecule has 0 atom stereocenters. The molecule has 0 N–H and O–H groups in total. The van der Waals surface area contributed by atoms with E-state index in [9.17, 15) is 18.0 Å². The summed E-state index contributed by atoms with van der Waals surface area (Å²) >= 11 is 0. The van der Waals surface area contributed by atoms with Gasteiger partial charge in [-0.15, -0.1) is 0 Å². The van der Waals surface area contributed by atoms with E-state index in [4.69, 9.17) is 4.74 Å². The Bertz CT molecular complexity index is 224. The number of unbranched alkanes of at least 4 members (excludes halogenated alkanes) is 5. The molecule has 2 nitrogen and oxygen atoms in total. The summed E-state index contributed by atoms with van der Waals surface area (Å²) in [4.78, 5) is 10.6. The van der Waals surface area contributed by atoms with E-state index in [2.05, 4.69) is 6.58 Å². The van der Waals surface area contributed by atoms with Crippen LogP contribution in [-0.2, 0) is 9.53 Å². The van der Waals surface area contributed by atoms with Crippen LogP contribution in [0.1, 0.15) is 44.9 Å². The van der Waals surface area contributed by atoms with Gasteiger partial charge in [0, 0.05) is 12.5 Å². The van der Waals surface area contributed by atoms with E-state index in [0.717, 1.165) is 31.8 Å². The van der Waals surface area contributed by atoms with Gasteiger partial charge >= 0.3 is 12.1 Å². The van der Waals surface area contributed by atoms with Crippen molar-refractivity contribution in [3.05, 3.63) is 12.7 Å². The number of ether oxygens (including phenoxy) is 1. The van der Waals surface area contributed by atoms with Crippen molar-refractivity contribution in [1.29, 1.82) is 0 Å². The predicted molar refractivity (Wildman–Crippen MR) is 59.5 cm³/mol. The largest absolute Gasteiger partial charge is 0.463 e. The highest BCUT2D eigenvalue weighted by Crippen LogP contribution is 2.23. The fourth-order valence-corrected chi connectivity index (χ4v) is 1.37. The molecule has 0 bridgehead atoms. The lowest BCUT2D eigenvalue weighted by atomic mass is 10.1. The monoisotopic (exact) mass is 252 g/mol. The zero-order valence-corrected chi connectivity index (χ0v) is 9.89. The average molecular weight is 252 g/mol. The summed E-state index contributed by atoms with van der Waals surface area (Å²) in [6, 6.07) is 0. The van der Waals surface area contributed by atoms with E-state index in [-0.39, 0.29) is 6.42 Å². The summed E-state index contributed by atoms with van der Waals surface area (Å²) < 4.78 is 40.1. The molecule has 100 valence electrons. The minimum Gasteiger partial charge on any atom is -0.463 e. The quantitative estimate of drug-likeness (QED) is 0.352. The first-order chi connectivity index (χ1) is 7.95. The first-order valence-electron chi connectivity index (χ1n) is 5.81. The summed E-state index contributed by atoms with van der Waals surface area (Å²) in [5.74, 6) is -0.435. The lowest BCUT2D eigenvalue weighted by Gasteiger charge is -2.05. The van der Waals surface area contributed by atoms with E-state index in [1.807, 2.05) is 0 Å². The SMILES string of the molecule is C=CC(=O)OCCCCCCCCC(F)(F)F. The molecule has 0 fully saturated rings. The van der Waals surface area contributed by atoms with Crippen LogP contribution in [0.4, 0.5) is 13.2 Å².